The Balaban J connectivity index is 2.14. The number of hydrogen-bond acceptors (Lipinski definition) is 0. The third kappa shape index (κ3) is 1.73. The first-order valence-electron chi connectivity index (χ1n) is 7.10. The molecule has 20 heavy (non-hydrogen) atoms. The van der Waals surface area contributed by atoms with Crippen molar-refractivity contribution in [2.45, 2.75) is 12.8 Å². The molecule has 0 radical (unpaired) electrons. The molecule has 0 aliphatic rings. The van der Waals surface area contributed by atoms with Gasteiger partial charge >= 0.3 is 0 Å². The summed E-state index contributed by atoms with van der Waals surface area (Å²) in [4.78, 5) is 0. The van der Waals surface area contributed by atoms with E-state index in [0.717, 1.165) is 11.8 Å². The summed E-state index contributed by atoms with van der Waals surface area (Å²) in [5.41, 5.74) is 1.47. The minimum Gasteiger partial charge on any atom is -0.0928 e. The van der Waals surface area contributed by atoms with E-state index in [1.54, 1.807) is 0 Å². The Morgan fingerprint density at radius 2 is 1.35 bits per heavy atom. The second kappa shape index (κ2) is 4.75. The van der Waals surface area contributed by atoms with Crippen molar-refractivity contribution in [2.24, 2.45) is 0 Å². The Kier molecular flexibility index (Phi) is 2.89. The maximum atomic E-state index is 3.54. The Labute approximate surface area is 126 Å². The van der Waals surface area contributed by atoms with Gasteiger partial charge in [-0.2, -0.15) is 0 Å². The van der Waals surface area contributed by atoms with Crippen LogP contribution >= 0.6 is 15.9 Å². The van der Waals surface area contributed by atoms with Gasteiger partial charge < -0.3 is 0 Å². The zero-order chi connectivity index (χ0) is 13.5. The van der Waals surface area contributed by atoms with Gasteiger partial charge in [0.25, 0.3) is 0 Å². The molecule has 0 atom stereocenters. The predicted molar refractivity (Wildman–Crippen MR) is 92.3 cm³/mol. The number of halogens is 1. The summed E-state index contributed by atoms with van der Waals surface area (Å²) in [5.74, 6) is 0. The van der Waals surface area contributed by atoms with Crippen molar-refractivity contribution >= 4 is 48.2 Å². The molecule has 0 amide bonds. The summed E-state index contributed by atoms with van der Waals surface area (Å²) in [6, 6.07) is 20.2. The van der Waals surface area contributed by atoms with E-state index in [4.69, 9.17) is 0 Å². The number of rotatable bonds is 3. The van der Waals surface area contributed by atoms with Crippen LogP contribution in [0, 0.1) is 0 Å². The summed E-state index contributed by atoms with van der Waals surface area (Å²) >= 11 is 3.54. The topological polar surface area (TPSA) is 0 Å². The summed E-state index contributed by atoms with van der Waals surface area (Å²) in [6.07, 6.45) is 2.32. The molecular weight excluding hydrogens is 308 g/mol. The van der Waals surface area contributed by atoms with Crippen LogP contribution in [-0.2, 0) is 6.42 Å². The van der Waals surface area contributed by atoms with Crippen LogP contribution < -0.4 is 0 Å². The van der Waals surface area contributed by atoms with Gasteiger partial charge in [-0.05, 0) is 50.7 Å². The molecule has 0 bridgehead atoms. The highest BCUT2D eigenvalue weighted by Gasteiger charge is 2.10. The zero-order valence-electron chi connectivity index (χ0n) is 11.2. The van der Waals surface area contributed by atoms with Gasteiger partial charge in [0.05, 0.1) is 0 Å². The van der Waals surface area contributed by atoms with Crippen molar-refractivity contribution in [3.8, 4) is 0 Å². The first-order chi connectivity index (χ1) is 9.88. The SMILES string of the molecule is BrCCCc1ccc2ccc3cccc4ccc1c2c34. The minimum atomic E-state index is 1.06. The molecule has 0 N–H and O–H groups in total. The van der Waals surface area contributed by atoms with Crippen molar-refractivity contribution in [3.05, 3.63) is 60.2 Å². The number of hydrogen-bond donors (Lipinski definition) is 0. The molecule has 4 aromatic rings. The van der Waals surface area contributed by atoms with Gasteiger partial charge in [0.15, 0.2) is 0 Å². The Hall–Kier alpha value is -1.60. The van der Waals surface area contributed by atoms with Gasteiger partial charge in [-0.15, -0.1) is 0 Å². The largest absolute Gasteiger partial charge is 0.0928 e. The van der Waals surface area contributed by atoms with Crippen LogP contribution in [0.2, 0.25) is 0 Å². The summed E-state index contributed by atoms with van der Waals surface area (Å²) in [6.45, 7) is 0. The lowest BCUT2D eigenvalue weighted by Gasteiger charge is -2.13. The molecular formula is C19H15Br. The molecule has 0 unspecified atom stereocenters. The molecule has 0 saturated carbocycles. The standard InChI is InChI=1S/C19H15Br/c20-12-2-5-13-6-7-16-9-8-14-3-1-4-15-10-11-17(13)19(16)18(14)15/h1,3-4,6-11H,2,5,12H2. The second-order valence-electron chi connectivity index (χ2n) is 5.37. The fourth-order valence-electron chi connectivity index (χ4n) is 3.27. The van der Waals surface area contributed by atoms with Crippen LogP contribution in [0.15, 0.2) is 54.6 Å². The van der Waals surface area contributed by atoms with Crippen molar-refractivity contribution < 1.29 is 0 Å². The lowest BCUT2D eigenvalue weighted by molar-refractivity contribution is 0.948. The van der Waals surface area contributed by atoms with Crippen LogP contribution in [-0.4, -0.2) is 5.33 Å². The van der Waals surface area contributed by atoms with Crippen LogP contribution in [0.4, 0.5) is 0 Å². The molecule has 0 fully saturated rings. The molecule has 0 aromatic heterocycles. The van der Waals surface area contributed by atoms with Crippen LogP contribution in [0.3, 0.4) is 0 Å². The quantitative estimate of drug-likeness (QED) is 0.325. The first-order valence-corrected chi connectivity index (χ1v) is 8.22. The van der Waals surface area contributed by atoms with E-state index in [2.05, 4.69) is 70.5 Å². The van der Waals surface area contributed by atoms with E-state index < -0.39 is 0 Å². The second-order valence-corrected chi connectivity index (χ2v) is 6.17. The van der Waals surface area contributed by atoms with Crippen molar-refractivity contribution in [2.75, 3.05) is 5.33 Å². The monoisotopic (exact) mass is 322 g/mol. The normalized spacial score (nSPS) is 11.8. The average molecular weight is 323 g/mol. The first kappa shape index (κ1) is 12.2. The van der Waals surface area contributed by atoms with Gasteiger partial charge in [0.2, 0.25) is 0 Å². The Morgan fingerprint density at radius 1 is 0.700 bits per heavy atom. The molecule has 0 aliphatic carbocycles. The Morgan fingerprint density at radius 3 is 2.10 bits per heavy atom. The summed E-state index contributed by atoms with van der Waals surface area (Å²) in [7, 11) is 0. The average Bonchev–Trinajstić information content (AvgIpc) is 2.51. The van der Waals surface area contributed by atoms with Gasteiger partial charge in [-0.1, -0.05) is 70.5 Å². The van der Waals surface area contributed by atoms with Gasteiger partial charge in [-0.25, -0.2) is 0 Å². The van der Waals surface area contributed by atoms with Crippen LogP contribution in [0.25, 0.3) is 32.3 Å². The van der Waals surface area contributed by atoms with E-state index >= 15 is 0 Å². The third-order valence-electron chi connectivity index (χ3n) is 4.20. The van der Waals surface area contributed by atoms with Crippen LogP contribution in [0.1, 0.15) is 12.0 Å². The van der Waals surface area contributed by atoms with E-state index in [1.807, 2.05) is 0 Å². The maximum absolute atomic E-state index is 3.54. The van der Waals surface area contributed by atoms with Crippen molar-refractivity contribution in [1.29, 1.82) is 0 Å². The molecule has 0 spiro atoms. The van der Waals surface area contributed by atoms with Gasteiger partial charge in [0, 0.05) is 5.33 Å². The van der Waals surface area contributed by atoms with Crippen molar-refractivity contribution in [3.63, 3.8) is 0 Å². The maximum Gasteiger partial charge on any atom is 0.00344 e. The minimum absolute atomic E-state index is 1.06. The molecule has 98 valence electrons. The smallest absolute Gasteiger partial charge is 0.00344 e. The lowest BCUT2D eigenvalue weighted by Crippen LogP contribution is -1.91. The molecule has 1 heteroatoms. The summed E-state index contributed by atoms with van der Waals surface area (Å²) in [5, 5.41) is 9.39. The zero-order valence-corrected chi connectivity index (χ0v) is 12.8. The van der Waals surface area contributed by atoms with E-state index in [0.29, 0.717) is 0 Å². The fourth-order valence-corrected chi connectivity index (χ4v) is 3.55. The predicted octanol–water partition coefficient (Wildman–Crippen LogP) is 5.91. The Bertz CT molecular complexity index is 876. The highest BCUT2D eigenvalue weighted by molar-refractivity contribution is 9.09. The number of alkyl halides is 1. The van der Waals surface area contributed by atoms with E-state index in [9.17, 15) is 0 Å². The van der Waals surface area contributed by atoms with Crippen LogP contribution in [0.5, 0.6) is 0 Å². The molecule has 0 nitrogen and oxygen atoms in total. The number of benzene rings is 4. The molecule has 4 rings (SSSR count). The van der Waals surface area contributed by atoms with Crippen molar-refractivity contribution in [1.82, 2.24) is 0 Å². The lowest BCUT2D eigenvalue weighted by atomic mass is 9.91. The summed E-state index contributed by atoms with van der Waals surface area (Å²) < 4.78 is 0. The molecule has 0 heterocycles. The highest BCUT2D eigenvalue weighted by Crippen LogP contribution is 2.36. The highest BCUT2D eigenvalue weighted by atomic mass is 79.9. The third-order valence-corrected chi connectivity index (χ3v) is 4.76. The molecule has 4 aromatic carbocycles. The number of aryl methyl sites for hydroxylation is 1. The molecule has 0 aliphatic heterocycles. The van der Waals surface area contributed by atoms with E-state index in [1.165, 1.54) is 44.3 Å². The fraction of sp³-hybridized carbons (Fsp3) is 0.158. The molecule has 0 saturated heterocycles. The van der Waals surface area contributed by atoms with Gasteiger partial charge in [0.1, 0.15) is 0 Å². The van der Waals surface area contributed by atoms with E-state index in [-0.39, 0.29) is 0 Å². The van der Waals surface area contributed by atoms with Gasteiger partial charge in [-0.3, -0.25) is 0 Å².